The van der Waals surface area contributed by atoms with Crippen LogP contribution in [0.25, 0.3) is 22.3 Å². The number of carboxylic acid groups (broad SMARTS) is 2. The number of halogens is 3. The number of hydrogen-bond acceptors (Lipinski definition) is 21. The zero-order valence-electron chi connectivity index (χ0n) is 61.1. The summed E-state index contributed by atoms with van der Waals surface area (Å²) in [5, 5.41) is 29.9. The first kappa shape index (κ1) is 90.4. The molecule has 4 aliphatic rings. The van der Waals surface area contributed by atoms with Crippen LogP contribution < -0.4 is 26.2 Å². The molecule has 28 nitrogen and oxygen atoms in total. The lowest BCUT2D eigenvalue weighted by atomic mass is 10.1. The Morgan fingerprint density at radius 3 is 1.29 bits per heavy atom. The number of carboxylic acids is 2. The average molecular weight is 1450 g/mol. The van der Waals surface area contributed by atoms with E-state index in [9.17, 15) is 33.6 Å². The maximum absolute atomic E-state index is 12.4. The predicted octanol–water partition coefficient (Wildman–Crippen LogP) is 7.33. The van der Waals surface area contributed by atoms with Gasteiger partial charge in [0, 0.05) is 122 Å². The molecule has 560 valence electrons. The van der Waals surface area contributed by atoms with Crippen molar-refractivity contribution in [2.75, 3.05) is 155 Å². The summed E-state index contributed by atoms with van der Waals surface area (Å²) >= 11 is 5.81. The summed E-state index contributed by atoms with van der Waals surface area (Å²) in [4.78, 5) is 119. The Bertz CT molecular complexity index is 2990. The Morgan fingerprint density at radius 1 is 0.515 bits per heavy atom. The van der Waals surface area contributed by atoms with Crippen molar-refractivity contribution in [3.05, 3.63) is 54.3 Å². The number of aromatic nitrogens is 6. The average Bonchev–Trinajstić information content (AvgIpc) is 1.79. The van der Waals surface area contributed by atoms with E-state index in [1.54, 1.807) is 68.9 Å². The van der Waals surface area contributed by atoms with Crippen LogP contribution in [0, 0.1) is 23.7 Å². The molecule has 8 heterocycles. The second kappa shape index (κ2) is 48.2. The molecular weight excluding hydrogens is 1340 g/mol. The molecule has 4 atom stereocenters. The first-order valence-electron chi connectivity index (χ1n) is 34.5. The maximum atomic E-state index is 12.4. The van der Waals surface area contributed by atoms with Crippen molar-refractivity contribution in [1.82, 2.24) is 80.6 Å². The number of nitrogens with zero attached hydrogens (tertiary/aromatic N) is 13. The number of rotatable bonds is 24. The van der Waals surface area contributed by atoms with Gasteiger partial charge < -0.3 is 70.4 Å². The highest BCUT2D eigenvalue weighted by atomic mass is 35.5. The van der Waals surface area contributed by atoms with E-state index in [0.29, 0.717) is 73.9 Å². The highest BCUT2D eigenvalue weighted by Gasteiger charge is 2.35. The van der Waals surface area contributed by atoms with Crippen molar-refractivity contribution < 1.29 is 53.2 Å². The molecule has 99 heavy (non-hydrogen) atoms. The third-order valence-corrected chi connectivity index (χ3v) is 16.8. The molecule has 31 heteroatoms. The number of carbonyl (C=O) groups is 7. The standard InChI is InChI=1S/C18H26N6O.C16H31N3O3.C11H23N3O.C10H17NO4.C7H4ClN3.C6H13NO2.2ClH/c1-3-23(4-2)12-10-22-18(25)14-6-11-24(13-14)15-5-7-20-17-16(15)19-8-9-21-17;1-6-18(7-2)11-9-17-14(20)13-8-10-19(12-13)15(21)22-16(3,4)5;1-3-14(4-2)8-7-13-11(15)10-5-6-12-9-10;1-10(2,3)15-9(14)11-5-4-7(6-11)8(12)13;8-5-1-2-10-7-6(5)9-3-4-11-7;1-3-7(4-2)5-6(8)9;;/h5,7-9,14H,3-4,6,10-13H2,1-2H3,(H,22,25);13H,6-12H2,1-5H3,(H,17,20);10,12H,3-9H2,1-2H3,(H,13,15);7H,4-6H2,1-3H3,(H,12,13);1-4H;3-5H2,1-2H3,(H,8,9);2*1H. The molecule has 0 spiro atoms. The van der Waals surface area contributed by atoms with Crippen LogP contribution in [0.4, 0.5) is 15.3 Å². The van der Waals surface area contributed by atoms with Crippen molar-refractivity contribution in [2.24, 2.45) is 23.7 Å². The second-order valence-corrected chi connectivity index (χ2v) is 26.1. The van der Waals surface area contributed by atoms with Crippen molar-refractivity contribution in [1.29, 1.82) is 0 Å². The second-order valence-electron chi connectivity index (χ2n) is 25.7. The van der Waals surface area contributed by atoms with Crippen LogP contribution in [0.15, 0.2) is 49.3 Å². The highest BCUT2D eigenvalue weighted by Crippen LogP contribution is 2.28. The molecule has 4 aromatic rings. The molecular formula is C68H116Cl3N17O11. The summed E-state index contributed by atoms with van der Waals surface area (Å²) in [5.41, 5.74) is 2.66. The molecule has 4 aromatic heterocycles. The molecule has 4 saturated heterocycles. The van der Waals surface area contributed by atoms with Crippen LogP contribution in [0.3, 0.4) is 0 Å². The summed E-state index contributed by atoms with van der Waals surface area (Å²) in [6, 6.07) is 3.65. The van der Waals surface area contributed by atoms with Gasteiger partial charge in [0.25, 0.3) is 0 Å². The van der Waals surface area contributed by atoms with E-state index >= 15 is 0 Å². The van der Waals surface area contributed by atoms with Crippen molar-refractivity contribution >= 4 is 106 Å². The number of likely N-dealkylation sites (N-methyl/N-ethyl adjacent to an activating group) is 4. The molecule has 0 aromatic carbocycles. The topological polar surface area (TPSA) is 327 Å². The lowest BCUT2D eigenvalue weighted by Crippen LogP contribution is -2.39. The molecule has 5 amide bonds. The quantitative estimate of drug-likeness (QED) is 0.0400. The fourth-order valence-electron chi connectivity index (χ4n) is 10.7. The van der Waals surface area contributed by atoms with Crippen LogP contribution in [-0.2, 0) is 33.4 Å². The van der Waals surface area contributed by atoms with E-state index in [1.807, 2.05) is 45.6 Å². The number of likely N-dealkylation sites (tertiary alicyclic amines) is 2. The number of amides is 5. The number of carbonyl (C=O) groups excluding carboxylic acids is 5. The first-order valence-corrected chi connectivity index (χ1v) is 34.9. The van der Waals surface area contributed by atoms with Gasteiger partial charge in [-0.2, -0.15) is 0 Å². The van der Waals surface area contributed by atoms with Gasteiger partial charge in [-0.15, -0.1) is 24.8 Å². The fourth-order valence-corrected chi connectivity index (χ4v) is 10.8. The third kappa shape index (κ3) is 34.5. The number of fused-ring (bicyclic) bond motifs is 2. The van der Waals surface area contributed by atoms with E-state index in [-0.39, 0.29) is 79.5 Å². The van der Waals surface area contributed by atoms with E-state index in [4.69, 9.17) is 31.3 Å². The molecule has 0 aliphatic carbocycles. The Kier molecular flexibility index (Phi) is 44.0. The molecule has 4 aliphatic heterocycles. The highest BCUT2D eigenvalue weighted by molar-refractivity contribution is 6.34. The smallest absolute Gasteiger partial charge is 0.410 e. The van der Waals surface area contributed by atoms with Crippen LogP contribution in [0.2, 0.25) is 5.02 Å². The lowest BCUT2D eigenvalue weighted by molar-refractivity contribution is -0.141. The monoisotopic (exact) mass is 1450 g/mol. The van der Waals surface area contributed by atoms with Gasteiger partial charge in [0.05, 0.1) is 40.9 Å². The Balaban J connectivity index is 0.000000610. The number of hydrogen-bond donors (Lipinski definition) is 6. The van der Waals surface area contributed by atoms with Gasteiger partial charge in [-0.3, -0.25) is 28.9 Å². The molecule has 4 unspecified atom stereocenters. The predicted molar refractivity (Wildman–Crippen MR) is 393 cm³/mol. The SMILES string of the molecule is CC(C)(C)OC(=O)N1CCC(C(=O)O)C1.CCN(CC)CC(=O)O.CCN(CC)CCNC(=O)C1CCN(C(=O)OC(C)(C)C)C1.CCN(CC)CCNC(=O)C1CCN(c2ccnc3nccnc23)C1.CCN(CC)CCNC(=O)C1CCNC1.Cl.Cl.Clc1ccnc2nccnc12. The maximum Gasteiger partial charge on any atom is 0.410 e. The summed E-state index contributed by atoms with van der Waals surface area (Å²) in [6.45, 7) is 45.5. The number of pyridine rings is 2. The normalized spacial score (nSPS) is 17.0. The van der Waals surface area contributed by atoms with Gasteiger partial charge in [-0.05, 0) is 138 Å². The summed E-state index contributed by atoms with van der Waals surface area (Å²) in [6.07, 6.45) is 12.2. The summed E-state index contributed by atoms with van der Waals surface area (Å²) in [5.74, 6) is -1.54. The van der Waals surface area contributed by atoms with E-state index in [1.165, 1.54) is 4.90 Å². The fraction of sp³-hybridized carbons (Fsp3) is 0.691. The Morgan fingerprint density at radius 2 is 0.899 bits per heavy atom. The molecule has 4 fully saturated rings. The molecule has 8 rings (SSSR count). The number of anilines is 1. The molecule has 0 radical (unpaired) electrons. The van der Waals surface area contributed by atoms with E-state index < -0.39 is 35.2 Å². The van der Waals surface area contributed by atoms with Crippen molar-refractivity contribution in [3.8, 4) is 0 Å². The van der Waals surface area contributed by atoms with Gasteiger partial charge in [0.1, 0.15) is 22.2 Å². The largest absolute Gasteiger partial charge is 0.481 e. The first-order chi connectivity index (χ1) is 46.1. The zero-order valence-corrected chi connectivity index (χ0v) is 63.5. The summed E-state index contributed by atoms with van der Waals surface area (Å²) in [7, 11) is 0. The van der Waals surface area contributed by atoms with Crippen LogP contribution in [0.5, 0.6) is 0 Å². The third-order valence-electron chi connectivity index (χ3n) is 16.5. The number of nitrogens with one attached hydrogen (secondary N) is 4. The molecule has 6 N–H and O–H groups in total. The Hall–Kier alpha value is -6.66. The van der Waals surface area contributed by atoms with E-state index in [2.05, 4.69) is 112 Å². The molecule has 0 saturated carbocycles. The van der Waals surface area contributed by atoms with Crippen molar-refractivity contribution in [3.63, 3.8) is 0 Å². The van der Waals surface area contributed by atoms with Crippen LogP contribution in [-0.4, -0.2) is 273 Å². The van der Waals surface area contributed by atoms with Crippen LogP contribution in [0.1, 0.15) is 123 Å². The van der Waals surface area contributed by atoms with E-state index in [0.717, 1.165) is 122 Å². The van der Waals surface area contributed by atoms with Gasteiger partial charge in [0.15, 0.2) is 11.3 Å². The van der Waals surface area contributed by atoms with Gasteiger partial charge in [0.2, 0.25) is 17.7 Å². The van der Waals surface area contributed by atoms with Gasteiger partial charge in [-0.25, -0.2) is 39.5 Å². The summed E-state index contributed by atoms with van der Waals surface area (Å²) < 4.78 is 10.5. The molecule has 0 bridgehead atoms. The van der Waals surface area contributed by atoms with Crippen molar-refractivity contribution in [2.45, 2.75) is 134 Å². The van der Waals surface area contributed by atoms with Crippen LogP contribution >= 0.6 is 36.4 Å². The number of ether oxygens (including phenoxy) is 2. The lowest BCUT2D eigenvalue weighted by Gasteiger charge is -2.24. The zero-order chi connectivity index (χ0) is 72.1. The minimum Gasteiger partial charge on any atom is -0.481 e. The Labute approximate surface area is 604 Å². The minimum absolute atomic E-state index is 0. The number of aliphatic carboxylic acids is 2. The van der Waals surface area contributed by atoms with Gasteiger partial charge in [-0.1, -0.05) is 67.0 Å². The minimum atomic E-state index is -0.846. The van der Waals surface area contributed by atoms with Gasteiger partial charge >= 0.3 is 24.1 Å².